The number of rotatable bonds is 6. The molecule has 2 aromatic rings. The summed E-state index contributed by atoms with van der Waals surface area (Å²) in [6.45, 7) is 5.22. The van der Waals surface area contributed by atoms with Gasteiger partial charge in [0.05, 0.1) is 6.54 Å². The van der Waals surface area contributed by atoms with E-state index in [0.717, 1.165) is 12.0 Å². The number of nitrogens with one attached hydrogen (secondary N) is 1. The molecule has 1 aromatic carbocycles. The Morgan fingerprint density at radius 3 is 2.64 bits per heavy atom. The van der Waals surface area contributed by atoms with Crippen LogP contribution in [0.1, 0.15) is 32.3 Å². The first kappa shape index (κ1) is 17.2. The molecule has 25 heavy (non-hydrogen) atoms. The van der Waals surface area contributed by atoms with E-state index in [1.165, 1.54) is 0 Å². The van der Waals surface area contributed by atoms with E-state index in [1.54, 1.807) is 15.6 Å². The van der Waals surface area contributed by atoms with Gasteiger partial charge >= 0.3 is 0 Å². The highest BCUT2D eigenvalue weighted by molar-refractivity contribution is 5.97. The monoisotopic (exact) mass is 340 g/mol. The minimum Gasteiger partial charge on any atom is -0.330 e. The lowest BCUT2D eigenvalue weighted by Crippen LogP contribution is -2.48. The maximum absolute atomic E-state index is 12.7. The van der Waals surface area contributed by atoms with E-state index in [4.69, 9.17) is 0 Å². The maximum atomic E-state index is 12.7. The molecule has 0 bridgehead atoms. The Labute approximate surface area is 147 Å². The van der Waals surface area contributed by atoms with Gasteiger partial charge in [0.2, 0.25) is 11.8 Å². The molecular formula is C19H24N4O2. The molecule has 1 saturated heterocycles. The van der Waals surface area contributed by atoms with Crippen LogP contribution in [-0.2, 0) is 16.1 Å². The summed E-state index contributed by atoms with van der Waals surface area (Å²) in [5.74, 6) is 0.449. The minimum atomic E-state index is -0.450. The van der Waals surface area contributed by atoms with Crippen molar-refractivity contribution >= 4 is 17.6 Å². The molecule has 3 rings (SSSR count). The number of hydrogen-bond donors (Lipinski definition) is 1. The lowest BCUT2D eigenvalue weighted by molar-refractivity contribution is -0.136. The molecule has 0 unspecified atom stereocenters. The zero-order valence-corrected chi connectivity index (χ0v) is 14.7. The number of hydrogen-bond acceptors (Lipinski definition) is 3. The van der Waals surface area contributed by atoms with Crippen LogP contribution in [0.25, 0.3) is 0 Å². The first-order chi connectivity index (χ1) is 12.0. The molecule has 1 aliphatic heterocycles. The summed E-state index contributed by atoms with van der Waals surface area (Å²) in [4.78, 5) is 26.4. The molecule has 6 heteroatoms. The second kappa shape index (κ2) is 7.51. The standard InChI is InChI=1S/C19H24N4O2/c1-14(2)18(23-11-6-9-17(23)24)19(25)20-16-10-12-22(21-16)13-15-7-4-3-5-8-15/h3-5,7-8,10,12,14,18H,6,9,11,13H2,1-2H3,(H,20,21,25)/t18-/m0/s1. The molecule has 0 spiro atoms. The number of anilines is 1. The second-order valence-electron chi connectivity index (χ2n) is 6.75. The molecule has 1 fully saturated rings. The van der Waals surface area contributed by atoms with Crippen LogP contribution in [-0.4, -0.2) is 39.1 Å². The summed E-state index contributed by atoms with van der Waals surface area (Å²) < 4.78 is 1.79. The summed E-state index contributed by atoms with van der Waals surface area (Å²) in [6.07, 6.45) is 3.19. The molecule has 132 valence electrons. The maximum Gasteiger partial charge on any atom is 0.248 e. The number of benzene rings is 1. The van der Waals surface area contributed by atoms with Gasteiger partial charge in [0.15, 0.2) is 5.82 Å². The van der Waals surface area contributed by atoms with E-state index in [9.17, 15) is 9.59 Å². The van der Waals surface area contributed by atoms with Crippen molar-refractivity contribution in [3.63, 3.8) is 0 Å². The average Bonchev–Trinajstić information content (AvgIpc) is 3.18. The molecule has 1 atom stereocenters. The lowest BCUT2D eigenvalue weighted by Gasteiger charge is -2.29. The van der Waals surface area contributed by atoms with Gasteiger partial charge < -0.3 is 10.2 Å². The van der Waals surface area contributed by atoms with Gasteiger partial charge in [0.1, 0.15) is 6.04 Å². The highest BCUT2D eigenvalue weighted by atomic mass is 16.2. The fraction of sp³-hybridized carbons (Fsp3) is 0.421. The van der Waals surface area contributed by atoms with Crippen LogP contribution in [0.3, 0.4) is 0 Å². The van der Waals surface area contributed by atoms with E-state index < -0.39 is 6.04 Å². The van der Waals surface area contributed by atoms with Gasteiger partial charge in [-0.15, -0.1) is 0 Å². The highest BCUT2D eigenvalue weighted by Crippen LogP contribution is 2.20. The first-order valence-corrected chi connectivity index (χ1v) is 8.72. The Hall–Kier alpha value is -2.63. The first-order valence-electron chi connectivity index (χ1n) is 8.72. The predicted octanol–water partition coefficient (Wildman–Crippen LogP) is 2.52. The van der Waals surface area contributed by atoms with Crippen LogP contribution in [0.15, 0.2) is 42.6 Å². The van der Waals surface area contributed by atoms with Crippen LogP contribution in [0.2, 0.25) is 0 Å². The van der Waals surface area contributed by atoms with Gasteiger partial charge in [-0.3, -0.25) is 14.3 Å². The molecule has 1 aliphatic rings. The van der Waals surface area contributed by atoms with Gasteiger partial charge in [0, 0.05) is 25.2 Å². The van der Waals surface area contributed by atoms with Gasteiger partial charge in [-0.05, 0) is 17.9 Å². The zero-order chi connectivity index (χ0) is 17.8. The summed E-state index contributed by atoms with van der Waals surface area (Å²) in [6, 6.07) is 11.4. The normalized spacial score (nSPS) is 15.6. The smallest absolute Gasteiger partial charge is 0.248 e. The summed E-state index contributed by atoms with van der Waals surface area (Å²) >= 11 is 0. The van der Waals surface area contributed by atoms with E-state index in [-0.39, 0.29) is 17.7 Å². The third-order valence-corrected chi connectivity index (χ3v) is 4.43. The molecule has 2 amide bonds. The van der Waals surface area contributed by atoms with Crippen molar-refractivity contribution in [1.82, 2.24) is 14.7 Å². The molecule has 0 radical (unpaired) electrons. The van der Waals surface area contributed by atoms with Crippen molar-refractivity contribution in [1.29, 1.82) is 0 Å². The number of amides is 2. The van der Waals surface area contributed by atoms with Gasteiger partial charge in [-0.2, -0.15) is 5.10 Å². The predicted molar refractivity (Wildman–Crippen MR) is 96.0 cm³/mol. The van der Waals surface area contributed by atoms with Crippen LogP contribution < -0.4 is 5.32 Å². The Morgan fingerprint density at radius 1 is 1.24 bits per heavy atom. The van der Waals surface area contributed by atoms with Crippen molar-refractivity contribution in [2.24, 2.45) is 5.92 Å². The summed E-state index contributed by atoms with van der Waals surface area (Å²) in [5.41, 5.74) is 1.14. The number of likely N-dealkylation sites (tertiary alicyclic amines) is 1. The average molecular weight is 340 g/mol. The van der Waals surface area contributed by atoms with Gasteiger partial charge in [0.25, 0.3) is 0 Å². The Kier molecular flexibility index (Phi) is 5.16. The quantitative estimate of drug-likeness (QED) is 0.879. The molecule has 1 N–H and O–H groups in total. The third-order valence-electron chi connectivity index (χ3n) is 4.43. The molecule has 1 aromatic heterocycles. The van der Waals surface area contributed by atoms with Crippen molar-refractivity contribution in [2.45, 2.75) is 39.3 Å². The van der Waals surface area contributed by atoms with Crippen LogP contribution >= 0.6 is 0 Å². The summed E-state index contributed by atoms with van der Waals surface area (Å²) in [5, 5.41) is 7.28. The molecule has 6 nitrogen and oxygen atoms in total. The lowest BCUT2D eigenvalue weighted by atomic mass is 10.0. The molecular weight excluding hydrogens is 316 g/mol. The van der Waals surface area contributed by atoms with Crippen LogP contribution in [0, 0.1) is 5.92 Å². The zero-order valence-electron chi connectivity index (χ0n) is 14.7. The molecule has 0 saturated carbocycles. The second-order valence-corrected chi connectivity index (χ2v) is 6.75. The SMILES string of the molecule is CC(C)[C@@H](C(=O)Nc1ccn(Cc2ccccc2)n1)N1CCCC1=O. The minimum absolute atomic E-state index is 0.0495. The third kappa shape index (κ3) is 4.07. The van der Waals surface area contributed by atoms with E-state index >= 15 is 0 Å². The largest absolute Gasteiger partial charge is 0.330 e. The fourth-order valence-electron chi connectivity index (χ4n) is 3.25. The highest BCUT2D eigenvalue weighted by Gasteiger charge is 2.35. The number of nitrogens with zero attached hydrogens (tertiary/aromatic N) is 3. The Balaban J connectivity index is 1.66. The van der Waals surface area contributed by atoms with E-state index in [0.29, 0.717) is 25.3 Å². The van der Waals surface area contributed by atoms with E-state index in [2.05, 4.69) is 10.4 Å². The Morgan fingerprint density at radius 2 is 2.00 bits per heavy atom. The van der Waals surface area contributed by atoms with Crippen molar-refractivity contribution in [3.05, 3.63) is 48.2 Å². The van der Waals surface area contributed by atoms with Crippen LogP contribution in [0.4, 0.5) is 5.82 Å². The molecule has 2 heterocycles. The van der Waals surface area contributed by atoms with Crippen molar-refractivity contribution < 1.29 is 9.59 Å². The topological polar surface area (TPSA) is 67.2 Å². The molecule has 0 aliphatic carbocycles. The number of carbonyl (C=O) groups is 2. The number of aromatic nitrogens is 2. The van der Waals surface area contributed by atoms with E-state index in [1.807, 2.05) is 50.4 Å². The van der Waals surface area contributed by atoms with Gasteiger partial charge in [-0.1, -0.05) is 44.2 Å². The van der Waals surface area contributed by atoms with Crippen molar-refractivity contribution in [2.75, 3.05) is 11.9 Å². The summed E-state index contributed by atoms with van der Waals surface area (Å²) in [7, 11) is 0. The van der Waals surface area contributed by atoms with Crippen molar-refractivity contribution in [3.8, 4) is 0 Å². The Bertz CT molecular complexity index is 739. The number of carbonyl (C=O) groups excluding carboxylic acids is 2. The fourth-order valence-corrected chi connectivity index (χ4v) is 3.25. The van der Waals surface area contributed by atoms with Gasteiger partial charge in [-0.25, -0.2) is 0 Å². The van der Waals surface area contributed by atoms with Crippen LogP contribution in [0.5, 0.6) is 0 Å².